The standard InChI is InChI=1S/C11H23N2/c1-2-13(8-3-4-9-13)10-11-6-5-7-12-11/h11-12H,2-10H2,1H3/q+1/t11-/m0/s1. The van der Waals surface area contributed by atoms with Crippen molar-refractivity contribution in [3.05, 3.63) is 0 Å². The van der Waals surface area contributed by atoms with Gasteiger partial charge >= 0.3 is 0 Å². The van der Waals surface area contributed by atoms with Crippen LogP contribution >= 0.6 is 0 Å². The minimum atomic E-state index is 0.832. The van der Waals surface area contributed by atoms with E-state index in [2.05, 4.69) is 12.2 Å². The third-order valence-electron chi connectivity index (χ3n) is 3.96. The van der Waals surface area contributed by atoms with Gasteiger partial charge < -0.3 is 9.80 Å². The fraction of sp³-hybridized carbons (Fsp3) is 1.00. The molecule has 2 fully saturated rings. The average Bonchev–Trinajstić information content (AvgIpc) is 2.77. The number of quaternary nitrogens is 1. The van der Waals surface area contributed by atoms with Crippen LogP contribution in [-0.4, -0.2) is 43.2 Å². The van der Waals surface area contributed by atoms with Crippen LogP contribution in [0.4, 0.5) is 0 Å². The highest BCUT2D eigenvalue weighted by Crippen LogP contribution is 2.21. The molecular formula is C11H23N2+. The molecule has 0 amide bonds. The molecule has 1 atom stereocenters. The van der Waals surface area contributed by atoms with Crippen LogP contribution in [-0.2, 0) is 0 Å². The van der Waals surface area contributed by atoms with Gasteiger partial charge in [0, 0.05) is 12.8 Å². The van der Waals surface area contributed by atoms with Crippen molar-refractivity contribution in [3.63, 3.8) is 0 Å². The topological polar surface area (TPSA) is 12.0 Å². The monoisotopic (exact) mass is 183 g/mol. The highest BCUT2D eigenvalue weighted by molar-refractivity contribution is 4.74. The van der Waals surface area contributed by atoms with Gasteiger partial charge in [0.15, 0.2) is 0 Å². The quantitative estimate of drug-likeness (QED) is 0.652. The number of hydrogen-bond donors (Lipinski definition) is 1. The zero-order valence-electron chi connectivity index (χ0n) is 8.89. The van der Waals surface area contributed by atoms with Crippen molar-refractivity contribution in [2.24, 2.45) is 0 Å². The summed E-state index contributed by atoms with van der Waals surface area (Å²) >= 11 is 0. The second-order valence-electron chi connectivity index (χ2n) is 4.79. The molecule has 0 bridgehead atoms. The lowest BCUT2D eigenvalue weighted by Gasteiger charge is -2.35. The van der Waals surface area contributed by atoms with E-state index in [-0.39, 0.29) is 0 Å². The summed E-state index contributed by atoms with van der Waals surface area (Å²) in [5, 5.41) is 3.63. The predicted molar refractivity (Wildman–Crippen MR) is 55.7 cm³/mol. The SMILES string of the molecule is CC[N+]1(C[C@@H]2CCCN2)CCCC1. The third kappa shape index (κ3) is 2.05. The van der Waals surface area contributed by atoms with Crippen molar-refractivity contribution in [1.29, 1.82) is 0 Å². The lowest BCUT2D eigenvalue weighted by Crippen LogP contribution is -2.51. The van der Waals surface area contributed by atoms with Gasteiger partial charge in [-0.1, -0.05) is 0 Å². The van der Waals surface area contributed by atoms with Gasteiger partial charge in [-0.3, -0.25) is 0 Å². The Labute approximate surface area is 81.9 Å². The maximum absolute atomic E-state index is 3.63. The highest BCUT2D eigenvalue weighted by Gasteiger charge is 2.33. The molecular weight excluding hydrogens is 160 g/mol. The molecule has 2 aliphatic rings. The molecule has 0 aromatic rings. The van der Waals surface area contributed by atoms with Gasteiger partial charge in [0.05, 0.1) is 32.2 Å². The Bertz CT molecular complexity index is 155. The van der Waals surface area contributed by atoms with Crippen molar-refractivity contribution in [2.45, 2.75) is 38.6 Å². The zero-order valence-corrected chi connectivity index (χ0v) is 8.89. The Morgan fingerprint density at radius 1 is 1.23 bits per heavy atom. The second kappa shape index (κ2) is 3.97. The molecule has 2 aliphatic heterocycles. The van der Waals surface area contributed by atoms with Crippen molar-refractivity contribution in [2.75, 3.05) is 32.7 Å². The Hall–Kier alpha value is -0.0800. The molecule has 1 N–H and O–H groups in total. The molecule has 0 spiro atoms. The van der Waals surface area contributed by atoms with Crippen molar-refractivity contribution in [1.82, 2.24) is 5.32 Å². The Balaban J connectivity index is 1.88. The van der Waals surface area contributed by atoms with E-state index in [0.29, 0.717) is 0 Å². The van der Waals surface area contributed by atoms with Crippen molar-refractivity contribution < 1.29 is 4.48 Å². The first-order valence-corrected chi connectivity index (χ1v) is 5.93. The molecule has 0 aromatic carbocycles. The van der Waals surface area contributed by atoms with Gasteiger partial charge in [-0.2, -0.15) is 0 Å². The van der Waals surface area contributed by atoms with Crippen molar-refractivity contribution >= 4 is 0 Å². The maximum Gasteiger partial charge on any atom is 0.0942 e. The number of nitrogens with one attached hydrogen (secondary N) is 1. The van der Waals surface area contributed by atoms with Gasteiger partial charge in [-0.15, -0.1) is 0 Å². The van der Waals surface area contributed by atoms with Crippen LogP contribution in [0.15, 0.2) is 0 Å². The van der Waals surface area contributed by atoms with Crippen LogP contribution in [0.25, 0.3) is 0 Å². The molecule has 2 heterocycles. The fourth-order valence-corrected chi connectivity index (χ4v) is 3.01. The van der Waals surface area contributed by atoms with E-state index in [9.17, 15) is 0 Å². The summed E-state index contributed by atoms with van der Waals surface area (Å²) in [5.41, 5.74) is 0. The summed E-state index contributed by atoms with van der Waals surface area (Å²) in [6.07, 6.45) is 5.73. The summed E-state index contributed by atoms with van der Waals surface area (Å²) in [5.74, 6) is 0. The van der Waals surface area contributed by atoms with Gasteiger partial charge in [0.25, 0.3) is 0 Å². The Kier molecular flexibility index (Phi) is 2.89. The van der Waals surface area contributed by atoms with E-state index in [4.69, 9.17) is 0 Å². The highest BCUT2D eigenvalue weighted by atomic mass is 15.4. The molecule has 0 unspecified atom stereocenters. The average molecular weight is 183 g/mol. The molecule has 0 radical (unpaired) electrons. The first kappa shape index (κ1) is 9.47. The van der Waals surface area contributed by atoms with Crippen LogP contribution in [0.3, 0.4) is 0 Å². The molecule has 2 rings (SSSR count). The number of likely N-dealkylation sites (tertiary alicyclic amines) is 1. The van der Waals surface area contributed by atoms with Gasteiger partial charge in [0.1, 0.15) is 0 Å². The van der Waals surface area contributed by atoms with Crippen LogP contribution in [0.2, 0.25) is 0 Å². The smallest absolute Gasteiger partial charge is 0.0942 e. The van der Waals surface area contributed by atoms with E-state index >= 15 is 0 Å². The van der Waals surface area contributed by atoms with E-state index in [1.807, 2.05) is 0 Å². The molecule has 0 aliphatic carbocycles. The number of nitrogens with zero attached hydrogens (tertiary/aromatic N) is 1. The van der Waals surface area contributed by atoms with E-state index < -0.39 is 0 Å². The van der Waals surface area contributed by atoms with Crippen LogP contribution in [0, 0.1) is 0 Å². The molecule has 0 aromatic heterocycles. The minimum Gasteiger partial charge on any atom is -0.323 e. The van der Waals surface area contributed by atoms with Gasteiger partial charge in [-0.05, 0) is 26.3 Å². The van der Waals surface area contributed by atoms with Gasteiger partial charge in [-0.25, -0.2) is 0 Å². The van der Waals surface area contributed by atoms with Crippen molar-refractivity contribution in [3.8, 4) is 0 Å². The summed E-state index contributed by atoms with van der Waals surface area (Å²) < 4.78 is 1.40. The molecule has 2 nitrogen and oxygen atoms in total. The first-order chi connectivity index (χ1) is 6.35. The lowest BCUT2D eigenvalue weighted by atomic mass is 10.2. The first-order valence-electron chi connectivity index (χ1n) is 5.93. The fourth-order valence-electron chi connectivity index (χ4n) is 3.01. The summed E-state index contributed by atoms with van der Waals surface area (Å²) in [6.45, 7) is 9.24. The van der Waals surface area contributed by atoms with E-state index in [1.165, 1.54) is 62.9 Å². The van der Waals surface area contributed by atoms with Crippen LogP contribution < -0.4 is 5.32 Å². The summed E-state index contributed by atoms with van der Waals surface area (Å²) in [4.78, 5) is 0. The van der Waals surface area contributed by atoms with Crippen LogP contribution in [0.5, 0.6) is 0 Å². The maximum atomic E-state index is 3.63. The Morgan fingerprint density at radius 2 is 2.00 bits per heavy atom. The molecule has 0 saturated carbocycles. The largest absolute Gasteiger partial charge is 0.323 e. The summed E-state index contributed by atoms with van der Waals surface area (Å²) in [6, 6.07) is 0.832. The van der Waals surface area contributed by atoms with Crippen LogP contribution in [0.1, 0.15) is 32.6 Å². The number of likely N-dealkylation sites (N-methyl/N-ethyl adjacent to an activating group) is 1. The van der Waals surface area contributed by atoms with E-state index in [1.54, 1.807) is 0 Å². The molecule has 76 valence electrons. The zero-order chi connectivity index (χ0) is 9.15. The molecule has 2 heteroatoms. The second-order valence-corrected chi connectivity index (χ2v) is 4.79. The normalized spacial score (nSPS) is 32.5. The lowest BCUT2D eigenvalue weighted by molar-refractivity contribution is -0.916. The van der Waals surface area contributed by atoms with Gasteiger partial charge in [0.2, 0.25) is 0 Å². The predicted octanol–water partition coefficient (Wildman–Crippen LogP) is 1.37. The summed E-state index contributed by atoms with van der Waals surface area (Å²) in [7, 11) is 0. The van der Waals surface area contributed by atoms with E-state index in [0.717, 1.165) is 6.04 Å². The third-order valence-corrected chi connectivity index (χ3v) is 3.96. The number of hydrogen-bond acceptors (Lipinski definition) is 1. The molecule has 2 saturated heterocycles. The molecule has 13 heavy (non-hydrogen) atoms. The Morgan fingerprint density at radius 3 is 2.54 bits per heavy atom. The minimum absolute atomic E-state index is 0.832. The number of rotatable bonds is 3.